The largest absolute Gasteiger partial charge is 0.459 e. The zero-order valence-corrected chi connectivity index (χ0v) is 13.5. The molecular formula is C16H23NO5. The van der Waals surface area contributed by atoms with Gasteiger partial charge in [0.1, 0.15) is 6.61 Å². The number of carbonyl (C=O) groups is 1. The van der Waals surface area contributed by atoms with Crippen LogP contribution in [0.3, 0.4) is 0 Å². The molecule has 0 fully saturated rings. The van der Waals surface area contributed by atoms with Gasteiger partial charge in [-0.3, -0.25) is 10.1 Å². The zero-order valence-electron chi connectivity index (χ0n) is 13.5. The molecule has 0 aromatic heterocycles. The molecule has 0 spiro atoms. The first-order chi connectivity index (χ1) is 10.3. The average Bonchev–Trinajstić information content (AvgIpc) is 2.44. The molecule has 1 atom stereocenters. The monoisotopic (exact) mass is 309 g/mol. The van der Waals surface area contributed by atoms with Gasteiger partial charge in [-0.15, -0.1) is 0 Å². The van der Waals surface area contributed by atoms with Gasteiger partial charge in [0.25, 0.3) is 5.69 Å². The molecule has 0 bridgehead atoms. The summed E-state index contributed by atoms with van der Waals surface area (Å²) in [5.41, 5.74) is 1.15. The Balaban J connectivity index is 2.54. The second-order valence-electron chi connectivity index (χ2n) is 5.62. The van der Waals surface area contributed by atoms with Crippen molar-refractivity contribution in [2.45, 2.75) is 46.8 Å². The van der Waals surface area contributed by atoms with E-state index in [1.54, 1.807) is 26.0 Å². The molecule has 0 radical (unpaired) electrons. The third kappa shape index (κ3) is 5.44. The Morgan fingerprint density at radius 1 is 1.32 bits per heavy atom. The summed E-state index contributed by atoms with van der Waals surface area (Å²) in [6.07, 6.45) is 0.236. The van der Waals surface area contributed by atoms with Crippen LogP contribution in [-0.2, 0) is 20.9 Å². The number of hydrogen-bond acceptors (Lipinski definition) is 5. The molecule has 6 heteroatoms. The minimum Gasteiger partial charge on any atom is -0.459 e. The molecule has 0 saturated carbocycles. The van der Waals surface area contributed by atoms with E-state index in [0.717, 1.165) is 6.42 Å². The summed E-state index contributed by atoms with van der Waals surface area (Å²) in [7, 11) is 0. The number of carbonyl (C=O) groups excluding carboxylic acids is 1. The van der Waals surface area contributed by atoms with Crippen LogP contribution in [0.2, 0.25) is 0 Å². The van der Waals surface area contributed by atoms with Gasteiger partial charge < -0.3 is 9.47 Å². The molecule has 0 aliphatic heterocycles. The topological polar surface area (TPSA) is 78.7 Å². The molecular weight excluding hydrogens is 286 g/mol. The van der Waals surface area contributed by atoms with Crippen molar-refractivity contribution in [3.05, 3.63) is 39.4 Å². The number of nitro benzene ring substituents is 1. The maximum Gasteiger partial charge on any atom is 0.335 e. The maximum absolute atomic E-state index is 11.8. The summed E-state index contributed by atoms with van der Waals surface area (Å²) >= 11 is 0. The molecule has 0 heterocycles. The average molecular weight is 309 g/mol. The van der Waals surface area contributed by atoms with Crippen LogP contribution in [0.15, 0.2) is 18.2 Å². The lowest BCUT2D eigenvalue weighted by molar-refractivity contribution is -0.385. The summed E-state index contributed by atoms with van der Waals surface area (Å²) in [5.74, 6) is 0.0467. The van der Waals surface area contributed by atoms with Gasteiger partial charge in [-0.1, -0.05) is 26.0 Å². The Labute approximate surface area is 130 Å². The van der Waals surface area contributed by atoms with E-state index in [1.807, 2.05) is 0 Å². The van der Waals surface area contributed by atoms with Gasteiger partial charge in [-0.2, -0.15) is 0 Å². The van der Waals surface area contributed by atoms with Crippen LogP contribution in [0.5, 0.6) is 0 Å². The lowest BCUT2D eigenvalue weighted by atomic mass is 10.1. The smallest absolute Gasteiger partial charge is 0.335 e. The van der Waals surface area contributed by atoms with E-state index >= 15 is 0 Å². The molecule has 1 rings (SSSR count). The van der Waals surface area contributed by atoms with Crippen molar-refractivity contribution in [3.8, 4) is 0 Å². The van der Waals surface area contributed by atoms with Crippen molar-refractivity contribution in [1.29, 1.82) is 0 Å². The van der Waals surface area contributed by atoms with Crippen LogP contribution in [0, 0.1) is 23.0 Å². The van der Waals surface area contributed by atoms with Gasteiger partial charge in [0.05, 0.1) is 4.92 Å². The Morgan fingerprint density at radius 3 is 2.59 bits per heavy atom. The van der Waals surface area contributed by atoms with E-state index in [-0.39, 0.29) is 12.3 Å². The van der Waals surface area contributed by atoms with Crippen molar-refractivity contribution in [2.24, 2.45) is 5.92 Å². The van der Waals surface area contributed by atoms with Crippen molar-refractivity contribution >= 4 is 11.7 Å². The van der Waals surface area contributed by atoms with Crippen LogP contribution in [0.1, 0.15) is 38.3 Å². The van der Waals surface area contributed by atoms with Crippen LogP contribution in [-0.4, -0.2) is 23.6 Å². The lowest BCUT2D eigenvalue weighted by Gasteiger charge is -2.14. The molecule has 1 unspecified atom stereocenters. The third-order valence-corrected chi connectivity index (χ3v) is 3.38. The van der Waals surface area contributed by atoms with Crippen molar-refractivity contribution in [3.63, 3.8) is 0 Å². The van der Waals surface area contributed by atoms with E-state index in [9.17, 15) is 14.9 Å². The van der Waals surface area contributed by atoms with Crippen LogP contribution in [0.25, 0.3) is 0 Å². The number of rotatable bonds is 8. The second-order valence-corrected chi connectivity index (χ2v) is 5.62. The normalized spacial score (nSPS) is 12.2. The Kier molecular flexibility index (Phi) is 6.98. The molecule has 0 amide bonds. The van der Waals surface area contributed by atoms with Gasteiger partial charge in [-0.05, 0) is 31.7 Å². The van der Waals surface area contributed by atoms with Crippen molar-refractivity contribution in [1.82, 2.24) is 0 Å². The van der Waals surface area contributed by atoms with Crippen LogP contribution < -0.4 is 0 Å². The fraction of sp³-hybridized carbons (Fsp3) is 0.562. The van der Waals surface area contributed by atoms with E-state index in [0.29, 0.717) is 23.7 Å². The molecule has 0 N–H and O–H groups in total. The first-order valence-electron chi connectivity index (χ1n) is 7.34. The number of ether oxygens (including phenoxy) is 2. The van der Waals surface area contributed by atoms with Crippen LogP contribution >= 0.6 is 0 Å². The standard InChI is InChI=1S/C16H23NO5/c1-11(2)8-9-21-13(4)16(18)22-10-14-6-5-7-15(12(14)3)17(19)20/h5-7,11,13H,8-10H2,1-4H3. The number of esters is 1. The molecule has 6 nitrogen and oxygen atoms in total. The fourth-order valence-corrected chi connectivity index (χ4v) is 1.84. The summed E-state index contributed by atoms with van der Waals surface area (Å²) < 4.78 is 10.6. The summed E-state index contributed by atoms with van der Waals surface area (Å²) in [5, 5.41) is 10.9. The number of nitrogens with zero attached hydrogens (tertiary/aromatic N) is 1. The second kappa shape index (κ2) is 8.48. The molecule has 22 heavy (non-hydrogen) atoms. The van der Waals surface area contributed by atoms with Crippen molar-refractivity contribution < 1.29 is 19.2 Å². The summed E-state index contributed by atoms with van der Waals surface area (Å²) in [6.45, 7) is 7.95. The molecule has 122 valence electrons. The lowest BCUT2D eigenvalue weighted by Crippen LogP contribution is -2.24. The van der Waals surface area contributed by atoms with Crippen molar-refractivity contribution in [2.75, 3.05) is 6.61 Å². The Morgan fingerprint density at radius 2 is 2.00 bits per heavy atom. The zero-order chi connectivity index (χ0) is 16.7. The number of hydrogen-bond donors (Lipinski definition) is 0. The molecule has 1 aromatic rings. The van der Waals surface area contributed by atoms with Gasteiger partial charge in [0.2, 0.25) is 0 Å². The highest BCUT2D eigenvalue weighted by Gasteiger charge is 2.18. The van der Waals surface area contributed by atoms with Crippen LogP contribution in [0.4, 0.5) is 5.69 Å². The SMILES string of the molecule is Cc1c(COC(=O)C(C)OCCC(C)C)cccc1[N+](=O)[O-]. The molecule has 0 aliphatic carbocycles. The van der Waals surface area contributed by atoms with Gasteiger partial charge in [0, 0.05) is 18.2 Å². The highest BCUT2D eigenvalue weighted by molar-refractivity contribution is 5.74. The van der Waals surface area contributed by atoms with Gasteiger partial charge in [0.15, 0.2) is 6.10 Å². The van der Waals surface area contributed by atoms with E-state index in [1.165, 1.54) is 6.07 Å². The maximum atomic E-state index is 11.8. The number of benzene rings is 1. The Hall–Kier alpha value is -1.95. The first kappa shape index (κ1) is 18.1. The highest BCUT2D eigenvalue weighted by atomic mass is 16.6. The fourth-order valence-electron chi connectivity index (χ4n) is 1.84. The molecule has 1 aromatic carbocycles. The third-order valence-electron chi connectivity index (χ3n) is 3.38. The number of nitro groups is 1. The van der Waals surface area contributed by atoms with Gasteiger partial charge >= 0.3 is 5.97 Å². The predicted octanol–water partition coefficient (Wildman–Crippen LogP) is 3.40. The van der Waals surface area contributed by atoms with E-state index < -0.39 is 17.0 Å². The highest BCUT2D eigenvalue weighted by Crippen LogP contribution is 2.21. The minimum atomic E-state index is -0.641. The van der Waals surface area contributed by atoms with E-state index in [2.05, 4.69) is 13.8 Å². The molecule has 0 aliphatic rings. The predicted molar refractivity (Wildman–Crippen MR) is 82.5 cm³/mol. The van der Waals surface area contributed by atoms with Gasteiger partial charge in [-0.25, -0.2) is 4.79 Å². The first-order valence-corrected chi connectivity index (χ1v) is 7.34. The quantitative estimate of drug-likeness (QED) is 0.418. The minimum absolute atomic E-state index is 0.00419. The Bertz CT molecular complexity index is 527. The van der Waals surface area contributed by atoms with E-state index in [4.69, 9.17) is 9.47 Å². The molecule has 0 saturated heterocycles. The summed E-state index contributed by atoms with van der Waals surface area (Å²) in [6, 6.07) is 4.72. The summed E-state index contributed by atoms with van der Waals surface area (Å²) in [4.78, 5) is 22.3.